The lowest BCUT2D eigenvalue weighted by Crippen LogP contribution is -2.49. The van der Waals surface area contributed by atoms with Crippen LogP contribution in [-0.2, 0) is 11.3 Å². The van der Waals surface area contributed by atoms with Crippen LogP contribution >= 0.6 is 0 Å². The third-order valence-corrected chi connectivity index (χ3v) is 5.65. The molecule has 0 aliphatic carbocycles. The van der Waals surface area contributed by atoms with Gasteiger partial charge in [0.15, 0.2) is 0 Å². The van der Waals surface area contributed by atoms with Crippen molar-refractivity contribution < 1.29 is 13.9 Å². The van der Waals surface area contributed by atoms with Crippen molar-refractivity contribution in [3.8, 4) is 5.75 Å². The summed E-state index contributed by atoms with van der Waals surface area (Å²) >= 11 is 0. The lowest BCUT2D eigenvalue weighted by Gasteiger charge is -2.34. The van der Waals surface area contributed by atoms with Crippen molar-refractivity contribution in [2.75, 3.05) is 39.8 Å². The minimum Gasteiger partial charge on any atom is -0.497 e. The molecule has 1 amide bonds. The lowest BCUT2D eigenvalue weighted by atomic mass is 10.2. The molecule has 3 aromatic rings. The molecule has 0 radical (unpaired) electrons. The topological polar surface area (TPSA) is 58.0 Å². The van der Waals surface area contributed by atoms with Crippen molar-refractivity contribution in [2.45, 2.75) is 19.5 Å². The number of hydrogen-bond acceptors (Lipinski definition) is 5. The molecule has 1 fully saturated rings. The van der Waals surface area contributed by atoms with E-state index in [9.17, 15) is 4.79 Å². The molecule has 0 saturated carbocycles. The molecule has 0 spiro atoms. The highest BCUT2D eigenvalue weighted by molar-refractivity contribution is 5.80. The van der Waals surface area contributed by atoms with E-state index in [0.29, 0.717) is 6.54 Å². The summed E-state index contributed by atoms with van der Waals surface area (Å²) in [6.45, 7) is 7.00. The average Bonchev–Trinajstić information content (AvgIpc) is 3.20. The number of methoxy groups -OCH3 is 1. The minimum absolute atomic E-state index is 0.0339. The van der Waals surface area contributed by atoms with Crippen molar-refractivity contribution in [1.82, 2.24) is 15.1 Å². The summed E-state index contributed by atoms with van der Waals surface area (Å²) in [5.74, 6) is 1.70. The van der Waals surface area contributed by atoms with E-state index >= 15 is 0 Å². The van der Waals surface area contributed by atoms with E-state index in [1.165, 1.54) is 5.56 Å². The van der Waals surface area contributed by atoms with Gasteiger partial charge in [0.25, 0.3) is 0 Å². The average molecular weight is 408 g/mol. The van der Waals surface area contributed by atoms with Crippen LogP contribution in [0.3, 0.4) is 0 Å². The van der Waals surface area contributed by atoms with Crippen molar-refractivity contribution in [1.29, 1.82) is 0 Å². The molecule has 6 nitrogen and oxygen atoms in total. The number of benzene rings is 2. The van der Waals surface area contributed by atoms with Gasteiger partial charge in [0.1, 0.15) is 17.1 Å². The van der Waals surface area contributed by atoms with Crippen LogP contribution in [-0.4, -0.2) is 55.5 Å². The fraction of sp³-hybridized carbons (Fsp3) is 0.375. The van der Waals surface area contributed by atoms with Crippen LogP contribution in [0.25, 0.3) is 11.0 Å². The van der Waals surface area contributed by atoms with Crippen LogP contribution in [0.1, 0.15) is 24.3 Å². The van der Waals surface area contributed by atoms with Gasteiger partial charge in [0, 0.05) is 38.1 Å². The number of nitrogens with zero attached hydrogens (tertiary/aromatic N) is 2. The highest BCUT2D eigenvalue weighted by atomic mass is 16.5. The Morgan fingerprint density at radius 2 is 1.77 bits per heavy atom. The molecule has 4 rings (SSSR count). The van der Waals surface area contributed by atoms with Gasteiger partial charge in [-0.2, -0.15) is 0 Å². The second-order valence-electron chi connectivity index (χ2n) is 7.88. The predicted octanol–water partition coefficient (Wildman–Crippen LogP) is 3.44. The van der Waals surface area contributed by atoms with E-state index in [2.05, 4.69) is 27.2 Å². The van der Waals surface area contributed by atoms with Crippen LogP contribution in [0.4, 0.5) is 0 Å². The zero-order valence-corrected chi connectivity index (χ0v) is 17.6. The van der Waals surface area contributed by atoms with E-state index in [-0.39, 0.29) is 11.9 Å². The van der Waals surface area contributed by atoms with Gasteiger partial charge in [0.05, 0.1) is 19.7 Å². The molecule has 1 aromatic heterocycles. The Morgan fingerprint density at radius 1 is 1.07 bits per heavy atom. The number of fused-ring (bicyclic) bond motifs is 1. The first kappa shape index (κ1) is 20.4. The molecular weight excluding hydrogens is 378 g/mol. The van der Waals surface area contributed by atoms with E-state index in [1.54, 1.807) is 7.11 Å². The third kappa shape index (κ3) is 5.01. The van der Waals surface area contributed by atoms with E-state index in [4.69, 9.17) is 9.15 Å². The third-order valence-electron chi connectivity index (χ3n) is 5.65. The summed E-state index contributed by atoms with van der Waals surface area (Å²) < 4.78 is 11.1. The first-order chi connectivity index (χ1) is 14.6. The number of rotatable bonds is 7. The molecule has 1 aliphatic rings. The molecule has 2 aromatic carbocycles. The Morgan fingerprint density at radius 3 is 2.47 bits per heavy atom. The number of carbonyl (C=O) groups excluding carboxylic acids is 1. The maximum absolute atomic E-state index is 12.5. The first-order valence-corrected chi connectivity index (χ1v) is 10.5. The standard InChI is InChI=1S/C24H29N3O3/c1-18(23-15-20-5-3-4-6-22(20)30-23)25-24(28)17-27-13-11-26(12-14-27)16-19-7-9-21(29-2)10-8-19/h3-10,15,18H,11-14,16-17H2,1-2H3,(H,25,28)/t18-/m0/s1. The Hall–Kier alpha value is -2.83. The van der Waals surface area contributed by atoms with E-state index in [0.717, 1.165) is 55.2 Å². The molecular formula is C24H29N3O3. The van der Waals surface area contributed by atoms with Gasteiger partial charge in [-0.25, -0.2) is 0 Å². The number of carbonyl (C=O) groups is 1. The number of furan rings is 1. The number of nitrogens with one attached hydrogen (secondary N) is 1. The summed E-state index contributed by atoms with van der Waals surface area (Å²) in [5.41, 5.74) is 2.13. The Kier molecular flexibility index (Phi) is 6.35. The Bertz CT molecular complexity index is 942. The highest BCUT2D eigenvalue weighted by Gasteiger charge is 2.21. The highest BCUT2D eigenvalue weighted by Crippen LogP contribution is 2.23. The number of hydrogen-bond donors (Lipinski definition) is 1. The van der Waals surface area contributed by atoms with Crippen LogP contribution in [0.5, 0.6) is 5.75 Å². The molecule has 158 valence electrons. The Labute approximate surface area is 177 Å². The molecule has 1 atom stereocenters. The second kappa shape index (κ2) is 9.32. The lowest BCUT2D eigenvalue weighted by molar-refractivity contribution is -0.123. The van der Waals surface area contributed by atoms with Gasteiger partial charge >= 0.3 is 0 Å². The van der Waals surface area contributed by atoms with Crippen LogP contribution in [0, 0.1) is 0 Å². The number of para-hydroxylation sites is 1. The second-order valence-corrected chi connectivity index (χ2v) is 7.88. The normalized spacial score (nSPS) is 16.5. The number of piperazine rings is 1. The molecule has 1 N–H and O–H groups in total. The van der Waals surface area contributed by atoms with Crippen LogP contribution in [0.15, 0.2) is 59.0 Å². The van der Waals surface area contributed by atoms with E-state index < -0.39 is 0 Å². The quantitative estimate of drug-likeness (QED) is 0.650. The first-order valence-electron chi connectivity index (χ1n) is 10.5. The zero-order chi connectivity index (χ0) is 20.9. The largest absolute Gasteiger partial charge is 0.497 e. The smallest absolute Gasteiger partial charge is 0.234 e. The maximum atomic E-state index is 12.5. The molecule has 0 unspecified atom stereocenters. The van der Waals surface area contributed by atoms with Gasteiger partial charge in [-0.3, -0.25) is 14.6 Å². The molecule has 30 heavy (non-hydrogen) atoms. The fourth-order valence-corrected chi connectivity index (χ4v) is 3.87. The molecule has 6 heteroatoms. The van der Waals surface area contributed by atoms with Gasteiger partial charge < -0.3 is 14.5 Å². The monoisotopic (exact) mass is 407 g/mol. The summed E-state index contributed by atoms with van der Waals surface area (Å²) in [4.78, 5) is 17.2. The maximum Gasteiger partial charge on any atom is 0.234 e. The van der Waals surface area contributed by atoms with Crippen molar-refractivity contribution in [2.24, 2.45) is 0 Å². The summed E-state index contributed by atoms with van der Waals surface area (Å²) in [7, 11) is 1.68. The minimum atomic E-state index is -0.152. The van der Waals surface area contributed by atoms with Crippen molar-refractivity contribution in [3.05, 3.63) is 65.9 Å². The number of ether oxygens (including phenoxy) is 1. The van der Waals surface area contributed by atoms with Crippen LogP contribution < -0.4 is 10.1 Å². The van der Waals surface area contributed by atoms with Gasteiger partial charge in [-0.05, 0) is 36.8 Å². The zero-order valence-electron chi connectivity index (χ0n) is 17.6. The van der Waals surface area contributed by atoms with Gasteiger partial charge in [-0.15, -0.1) is 0 Å². The summed E-state index contributed by atoms with van der Waals surface area (Å²) in [6, 6.07) is 18.0. The van der Waals surface area contributed by atoms with Crippen molar-refractivity contribution in [3.63, 3.8) is 0 Å². The van der Waals surface area contributed by atoms with Gasteiger partial charge in [-0.1, -0.05) is 30.3 Å². The summed E-state index contributed by atoms with van der Waals surface area (Å²) in [6.07, 6.45) is 0. The number of amides is 1. The fourth-order valence-electron chi connectivity index (χ4n) is 3.87. The Balaban J connectivity index is 1.22. The molecule has 1 saturated heterocycles. The van der Waals surface area contributed by atoms with Gasteiger partial charge in [0.2, 0.25) is 5.91 Å². The molecule has 0 bridgehead atoms. The van der Waals surface area contributed by atoms with E-state index in [1.807, 2.05) is 49.4 Å². The van der Waals surface area contributed by atoms with Crippen LogP contribution in [0.2, 0.25) is 0 Å². The van der Waals surface area contributed by atoms with Crippen molar-refractivity contribution >= 4 is 16.9 Å². The predicted molar refractivity (Wildman–Crippen MR) is 117 cm³/mol. The molecule has 1 aliphatic heterocycles. The SMILES string of the molecule is COc1ccc(CN2CCN(CC(=O)N[C@@H](C)c3cc4ccccc4o3)CC2)cc1. The molecule has 2 heterocycles. The summed E-state index contributed by atoms with van der Waals surface area (Å²) in [5, 5.41) is 4.12.